The number of carbonyl (C=O) groups excluding carboxylic acids is 1. The number of H-pyrrole nitrogens is 2. The van der Waals surface area contributed by atoms with E-state index < -0.39 is 22.9 Å². The number of anilines is 1. The van der Waals surface area contributed by atoms with Gasteiger partial charge in [0.2, 0.25) is 5.88 Å². The van der Waals surface area contributed by atoms with Gasteiger partial charge in [0.15, 0.2) is 5.56 Å². The van der Waals surface area contributed by atoms with Crippen molar-refractivity contribution in [3.05, 3.63) is 46.3 Å². The third kappa shape index (κ3) is 3.10. The van der Waals surface area contributed by atoms with Gasteiger partial charge in [-0.3, -0.25) is 9.59 Å². The van der Waals surface area contributed by atoms with Crippen LogP contribution < -0.4 is 10.9 Å². The van der Waals surface area contributed by atoms with Gasteiger partial charge in [-0.15, -0.1) is 0 Å². The highest BCUT2D eigenvalue weighted by molar-refractivity contribution is 7.79. The molecule has 3 rings (SSSR count). The maximum absolute atomic E-state index is 12.2. The number of aromatic nitrogens is 6. The van der Waals surface area contributed by atoms with Gasteiger partial charge in [-0.2, -0.15) is 33.0 Å². The molecule has 0 bridgehead atoms. The molecule has 3 heterocycles. The van der Waals surface area contributed by atoms with Gasteiger partial charge in [0.05, 0.1) is 6.20 Å². The molecule has 24 heavy (non-hydrogen) atoms. The molecular formula is C13H11N7O3S. The fourth-order valence-electron chi connectivity index (χ4n) is 1.93. The number of hydrogen-bond donors (Lipinski definition) is 5. The predicted molar refractivity (Wildman–Crippen MR) is 86.8 cm³/mol. The van der Waals surface area contributed by atoms with E-state index in [0.717, 1.165) is 0 Å². The van der Waals surface area contributed by atoms with Crippen LogP contribution in [-0.2, 0) is 5.75 Å². The highest BCUT2D eigenvalue weighted by Crippen LogP contribution is 2.17. The van der Waals surface area contributed by atoms with Crippen molar-refractivity contribution < 1.29 is 9.90 Å². The average molecular weight is 345 g/mol. The van der Waals surface area contributed by atoms with E-state index >= 15 is 0 Å². The second-order valence-corrected chi connectivity index (χ2v) is 4.93. The number of rotatable bonds is 4. The minimum atomic E-state index is -0.825. The van der Waals surface area contributed by atoms with Gasteiger partial charge >= 0.3 is 0 Å². The lowest BCUT2D eigenvalue weighted by Crippen LogP contribution is -2.25. The Morgan fingerprint density at radius 3 is 2.75 bits per heavy atom. The SMILES string of the molecule is O=C(Nc1ccc(-c2cn[nH]n2)cn1)c1c(O)nc(CS)[nH]c1=O. The van der Waals surface area contributed by atoms with Crippen LogP contribution in [0.15, 0.2) is 29.3 Å². The number of nitrogens with one attached hydrogen (secondary N) is 3. The Labute approximate surface area is 139 Å². The normalized spacial score (nSPS) is 10.5. The summed E-state index contributed by atoms with van der Waals surface area (Å²) < 4.78 is 0. The summed E-state index contributed by atoms with van der Waals surface area (Å²) in [4.78, 5) is 34.1. The van der Waals surface area contributed by atoms with Crippen molar-refractivity contribution in [1.29, 1.82) is 0 Å². The largest absolute Gasteiger partial charge is 0.493 e. The Balaban J connectivity index is 1.81. The Kier molecular flexibility index (Phi) is 4.24. The van der Waals surface area contributed by atoms with E-state index in [1.807, 2.05) is 0 Å². The first-order valence-electron chi connectivity index (χ1n) is 6.65. The molecule has 3 aromatic heterocycles. The van der Waals surface area contributed by atoms with Gasteiger partial charge in [-0.05, 0) is 12.1 Å². The van der Waals surface area contributed by atoms with E-state index in [1.165, 1.54) is 18.5 Å². The molecule has 122 valence electrons. The lowest BCUT2D eigenvalue weighted by Gasteiger charge is -2.06. The van der Waals surface area contributed by atoms with Crippen molar-refractivity contribution in [1.82, 2.24) is 30.4 Å². The summed E-state index contributed by atoms with van der Waals surface area (Å²) in [5.74, 6) is -1.01. The van der Waals surface area contributed by atoms with Crippen molar-refractivity contribution in [3.8, 4) is 17.1 Å². The minimum absolute atomic E-state index is 0.121. The average Bonchev–Trinajstić information content (AvgIpc) is 3.09. The molecule has 0 aliphatic heterocycles. The zero-order chi connectivity index (χ0) is 17.1. The van der Waals surface area contributed by atoms with Gasteiger partial charge in [0, 0.05) is 17.5 Å². The quantitative estimate of drug-likeness (QED) is 0.428. The minimum Gasteiger partial charge on any atom is -0.493 e. The number of nitrogens with zero attached hydrogens (tertiary/aromatic N) is 4. The van der Waals surface area contributed by atoms with Crippen molar-refractivity contribution in [3.63, 3.8) is 0 Å². The van der Waals surface area contributed by atoms with Gasteiger partial charge < -0.3 is 15.4 Å². The van der Waals surface area contributed by atoms with Crippen molar-refractivity contribution in [2.45, 2.75) is 5.75 Å². The Hall–Kier alpha value is -3.21. The summed E-state index contributed by atoms with van der Waals surface area (Å²) in [5.41, 5.74) is 0.0365. The molecule has 0 saturated carbocycles. The topological polar surface area (TPSA) is 150 Å². The second kappa shape index (κ2) is 6.50. The molecule has 0 aliphatic carbocycles. The van der Waals surface area contributed by atoms with E-state index in [-0.39, 0.29) is 17.4 Å². The standard InChI is InChI=1S/C13H11N7O3S/c21-11(10-12(22)17-9(5-24)18-13(10)23)16-8-2-1-6(3-14-8)7-4-15-20-19-7/h1-4,24H,5H2,(H,14,16,21)(H,15,19,20)(H2,17,18,22,23). The lowest BCUT2D eigenvalue weighted by atomic mass is 10.2. The third-order valence-corrected chi connectivity index (χ3v) is 3.34. The Bertz CT molecular complexity index is 922. The van der Waals surface area contributed by atoms with Crippen molar-refractivity contribution >= 4 is 24.4 Å². The molecular weight excluding hydrogens is 334 g/mol. The molecule has 0 atom stereocenters. The van der Waals surface area contributed by atoms with Crippen LogP contribution in [0.25, 0.3) is 11.3 Å². The number of pyridine rings is 1. The molecule has 1 amide bonds. The molecule has 0 unspecified atom stereocenters. The number of thiol groups is 1. The van der Waals surface area contributed by atoms with Crippen LogP contribution in [0.2, 0.25) is 0 Å². The number of aromatic amines is 2. The Morgan fingerprint density at radius 1 is 1.33 bits per heavy atom. The summed E-state index contributed by atoms with van der Waals surface area (Å²) in [6, 6.07) is 3.20. The van der Waals surface area contributed by atoms with Crippen LogP contribution in [-0.4, -0.2) is 41.4 Å². The van der Waals surface area contributed by atoms with Crippen molar-refractivity contribution in [2.24, 2.45) is 0 Å². The zero-order valence-electron chi connectivity index (χ0n) is 12.0. The first kappa shape index (κ1) is 15.7. The molecule has 0 saturated heterocycles. The van der Waals surface area contributed by atoms with Gasteiger partial charge in [-0.1, -0.05) is 0 Å². The molecule has 10 nitrogen and oxygen atoms in total. The molecule has 3 aromatic rings. The number of amides is 1. The van der Waals surface area contributed by atoms with Crippen LogP contribution in [0.1, 0.15) is 16.2 Å². The Morgan fingerprint density at radius 2 is 2.17 bits per heavy atom. The van der Waals surface area contributed by atoms with E-state index in [2.05, 4.69) is 48.3 Å². The molecule has 4 N–H and O–H groups in total. The fourth-order valence-corrected chi connectivity index (χ4v) is 2.07. The highest BCUT2D eigenvalue weighted by Gasteiger charge is 2.19. The fraction of sp³-hybridized carbons (Fsp3) is 0.0769. The number of aromatic hydroxyl groups is 1. The van der Waals surface area contributed by atoms with Gasteiger partial charge in [0.25, 0.3) is 11.5 Å². The maximum Gasteiger partial charge on any atom is 0.267 e. The first-order valence-corrected chi connectivity index (χ1v) is 7.28. The van der Waals surface area contributed by atoms with Gasteiger partial charge in [0.1, 0.15) is 17.3 Å². The van der Waals surface area contributed by atoms with E-state index in [1.54, 1.807) is 6.07 Å². The van der Waals surface area contributed by atoms with Crippen molar-refractivity contribution in [2.75, 3.05) is 5.32 Å². The summed E-state index contributed by atoms with van der Waals surface area (Å²) in [5, 5.41) is 22.3. The predicted octanol–water partition coefficient (Wildman–Crippen LogP) is 0.338. The van der Waals surface area contributed by atoms with Crippen LogP contribution >= 0.6 is 12.6 Å². The van der Waals surface area contributed by atoms with Gasteiger partial charge in [-0.25, -0.2) is 4.98 Å². The molecule has 0 fully saturated rings. The maximum atomic E-state index is 12.2. The number of carbonyl (C=O) groups is 1. The van der Waals surface area contributed by atoms with Crippen LogP contribution in [0.5, 0.6) is 5.88 Å². The van der Waals surface area contributed by atoms with Crippen LogP contribution in [0.4, 0.5) is 5.82 Å². The summed E-state index contributed by atoms with van der Waals surface area (Å²) in [7, 11) is 0. The molecule has 0 aliphatic rings. The zero-order valence-corrected chi connectivity index (χ0v) is 12.9. The van der Waals surface area contributed by atoms with Crippen LogP contribution in [0.3, 0.4) is 0 Å². The lowest BCUT2D eigenvalue weighted by molar-refractivity contribution is 0.102. The molecule has 0 radical (unpaired) electrons. The van der Waals surface area contributed by atoms with E-state index in [9.17, 15) is 14.7 Å². The monoisotopic (exact) mass is 345 g/mol. The highest BCUT2D eigenvalue weighted by atomic mass is 32.1. The summed E-state index contributed by atoms with van der Waals surface area (Å²) in [6.45, 7) is 0. The van der Waals surface area contributed by atoms with E-state index in [4.69, 9.17) is 0 Å². The third-order valence-electron chi connectivity index (χ3n) is 3.04. The molecule has 0 aromatic carbocycles. The number of hydrogen-bond acceptors (Lipinski definition) is 8. The first-order chi connectivity index (χ1) is 11.6. The molecule has 0 spiro atoms. The smallest absolute Gasteiger partial charge is 0.267 e. The summed E-state index contributed by atoms with van der Waals surface area (Å²) >= 11 is 3.94. The molecule has 11 heteroatoms. The van der Waals surface area contributed by atoms with E-state index in [0.29, 0.717) is 11.3 Å². The van der Waals surface area contributed by atoms with Crippen LogP contribution in [0, 0.1) is 0 Å². The second-order valence-electron chi connectivity index (χ2n) is 4.61. The summed E-state index contributed by atoms with van der Waals surface area (Å²) in [6.07, 6.45) is 3.02.